The van der Waals surface area contributed by atoms with Crippen LogP contribution in [0.4, 0.5) is 5.69 Å². The van der Waals surface area contributed by atoms with Gasteiger partial charge in [0.2, 0.25) is 0 Å². The second-order valence-electron chi connectivity index (χ2n) is 7.50. The van der Waals surface area contributed by atoms with Gasteiger partial charge in [-0.05, 0) is 62.2 Å². The smallest absolute Gasteiger partial charge is 0.283 e. The van der Waals surface area contributed by atoms with Crippen molar-refractivity contribution in [2.75, 3.05) is 0 Å². The molecule has 2 aromatic rings. The van der Waals surface area contributed by atoms with Gasteiger partial charge in [0.15, 0.2) is 5.16 Å². The Morgan fingerprint density at radius 3 is 2.52 bits per heavy atom. The molecule has 1 aromatic heterocycles. The van der Waals surface area contributed by atoms with E-state index in [-0.39, 0.29) is 17.3 Å². The Morgan fingerprint density at radius 2 is 1.90 bits per heavy atom. The van der Waals surface area contributed by atoms with E-state index in [1.165, 1.54) is 12.1 Å². The van der Waals surface area contributed by atoms with Gasteiger partial charge in [0, 0.05) is 23.5 Å². The van der Waals surface area contributed by atoms with E-state index in [0.29, 0.717) is 15.6 Å². The fourth-order valence-electron chi connectivity index (χ4n) is 3.52. The second kappa shape index (κ2) is 10.2. The van der Waals surface area contributed by atoms with Gasteiger partial charge in [0.05, 0.1) is 9.82 Å². The molecule has 1 aliphatic rings. The number of nitrogens with one attached hydrogen (secondary N) is 1. The Morgan fingerprint density at radius 1 is 1.23 bits per heavy atom. The highest BCUT2D eigenvalue weighted by Crippen LogP contribution is 2.34. The summed E-state index contributed by atoms with van der Waals surface area (Å²) in [6, 6.07) is 8.40. The lowest BCUT2D eigenvalue weighted by Crippen LogP contribution is -2.36. The molecular formula is C22H23N5O3S. The van der Waals surface area contributed by atoms with E-state index in [0.717, 1.165) is 55.3 Å². The van der Waals surface area contributed by atoms with Crippen LogP contribution >= 0.6 is 11.8 Å². The minimum Gasteiger partial charge on any atom is -0.349 e. The fourth-order valence-corrected chi connectivity index (χ4v) is 4.47. The Kier molecular flexibility index (Phi) is 7.36. The van der Waals surface area contributed by atoms with E-state index < -0.39 is 10.8 Å². The van der Waals surface area contributed by atoms with E-state index in [2.05, 4.69) is 15.3 Å². The highest BCUT2D eigenvalue weighted by atomic mass is 32.2. The molecule has 0 aliphatic heterocycles. The van der Waals surface area contributed by atoms with Gasteiger partial charge in [-0.3, -0.25) is 14.9 Å². The van der Waals surface area contributed by atoms with Crippen molar-refractivity contribution in [2.45, 2.75) is 62.0 Å². The van der Waals surface area contributed by atoms with E-state index >= 15 is 0 Å². The number of rotatable bonds is 6. The molecular weight excluding hydrogens is 414 g/mol. The van der Waals surface area contributed by atoms with Crippen molar-refractivity contribution >= 4 is 29.4 Å². The molecule has 31 heavy (non-hydrogen) atoms. The molecule has 1 saturated carbocycles. The van der Waals surface area contributed by atoms with Gasteiger partial charge >= 0.3 is 0 Å². The highest BCUT2D eigenvalue weighted by Gasteiger charge is 2.20. The van der Waals surface area contributed by atoms with Gasteiger partial charge in [-0.15, -0.1) is 0 Å². The highest BCUT2D eigenvalue weighted by molar-refractivity contribution is 7.99. The Balaban J connectivity index is 1.84. The Labute approximate surface area is 184 Å². The average molecular weight is 438 g/mol. The van der Waals surface area contributed by atoms with Crippen molar-refractivity contribution in [3.63, 3.8) is 0 Å². The van der Waals surface area contributed by atoms with E-state index in [1.807, 2.05) is 26.0 Å². The van der Waals surface area contributed by atoms with Gasteiger partial charge in [0.25, 0.3) is 11.6 Å². The molecule has 1 fully saturated rings. The quantitative estimate of drug-likeness (QED) is 0.232. The molecule has 160 valence electrons. The molecule has 0 unspecified atom stereocenters. The molecule has 1 aromatic carbocycles. The van der Waals surface area contributed by atoms with Gasteiger partial charge in [-0.2, -0.15) is 5.26 Å². The molecule has 1 amide bonds. The van der Waals surface area contributed by atoms with Crippen LogP contribution in [0.25, 0.3) is 6.08 Å². The molecule has 8 nitrogen and oxygen atoms in total. The van der Waals surface area contributed by atoms with Crippen LogP contribution in [-0.4, -0.2) is 26.8 Å². The summed E-state index contributed by atoms with van der Waals surface area (Å²) >= 11 is 1.10. The zero-order valence-corrected chi connectivity index (χ0v) is 18.2. The average Bonchev–Trinajstić information content (AvgIpc) is 2.72. The van der Waals surface area contributed by atoms with Crippen LogP contribution in [0.15, 0.2) is 39.9 Å². The number of nitro groups is 1. The SMILES string of the molecule is Cc1cc(C)nc(Sc2ccc(/C=C(\C#N)C(=O)NC3CCCCC3)cc2[N+](=O)[O-])n1. The molecule has 0 spiro atoms. The molecule has 9 heteroatoms. The summed E-state index contributed by atoms with van der Waals surface area (Å²) in [4.78, 5) is 32.6. The molecule has 1 N–H and O–H groups in total. The van der Waals surface area contributed by atoms with Crippen LogP contribution in [0, 0.1) is 35.3 Å². The topological polar surface area (TPSA) is 122 Å². The third-order valence-corrected chi connectivity index (χ3v) is 5.89. The van der Waals surface area contributed by atoms with Gasteiger partial charge < -0.3 is 5.32 Å². The van der Waals surface area contributed by atoms with Crippen LogP contribution in [-0.2, 0) is 4.79 Å². The minimum absolute atomic E-state index is 0.0714. The van der Waals surface area contributed by atoms with Gasteiger partial charge in [-0.25, -0.2) is 9.97 Å². The molecule has 0 atom stereocenters. The summed E-state index contributed by atoms with van der Waals surface area (Å²) in [6.07, 6.45) is 6.48. The number of nitriles is 1. The molecule has 0 bridgehead atoms. The van der Waals surface area contributed by atoms with Crippen molar-refractivity contribution < 1.29 is 9.72 Å². The number of amides is 1. The number of aromatic nitrogens is 2. The monoisotopic (exact) mass is 437 g/mol. The summed E-state index contributed by atoms with van der Waals surface area (Å²) in [5.41, 5.74) is 1.76. The molecule has 0 radical (unpaired) electrons. The lowest BCUT2D eigenvalue weighted by molar-refractivity contribution is -0.387. The van der Waals surface area contributed by atoms with E-state index in [4.69, 9.17) is 0 Å². The van der Waals surface area contributed by atoms with Crippen molar-refractivity contribution in [3.8, 4) is 6.07 Å². The number of nitro benzene ring substituents is 1. The maximum absolute atomic E-state index is 12.5. The van der Waals surface area contributed by atoms with Crippen LogP contribution < -0.4 is 5.32 Å². The van der Waals surface area contributed by atoms with Crippen molar-refractivity contribution in [3.05, 3.63) is 56.9 Å². The summed E-state index contributed by atoms with van der Waals surface area (Å²) in [6.45, 7) is 3.67. The number of aryl methyl sites for hydroxylation is 2. The Hall–Kier alpha value is -3.25. The van der Waals surface area contributed by atoms with Crippen LogP contribution in [0.3, 0.4) is 0 Å². The minimum atomic E-state index is -0.490. The van der Waals surface area contributed by atoms with Crippen molar-refractivity contribution in [1.82, 2.24) is 15.3 Å². The van der Waals surface area contributed by atoms with Crippen molar-refractivity contribution in [2.24, 2.45) is 0 Å². The lowest BCUT2D eigenvalue weighted by Gasteiger charge is -2.22. The Bertz CT molecular complexity index is 1050. The largest absolute Gasteiger partial charge is 0.349 e. The zero-order chi connectivity index (χ0) is 22.4. The molecule has 1 aliphatic carbocycles. The molecule has 1 heterocycles. The first-order chi connectivity index (χ1) is 14.9. The summed E-state index contributed by atoms with van der Waals surface area (Å²) < 4.78 is 0. The number of hydrogen-bond donors (Lipinski definition) is 1. The second-order valence-corrected chi connectivity index (χ2v) is 8.51. The number of hydrogen-bond acceptors (Lipinski definition) is 7. The lowest BCUT2D eigenvalue weighted by atomic mass is 9.95. The van der Waals surface area contributed by atoms with Gasteiger partial charge in [-0.1, -0.05) is 25.3 Å². The standard InChI is InChI=1S/C22H23N5O3S/c1-14-10-15(2)25-22(24-14)31-20-9-8-16(12-19(20)27(29)30)11-17(13-23)21(28)26-18-6-4-3-5-7-18/h8-12,18H,3-7H2,1-2H3,(H,26,28)/b17-11+. The van der Waals surface area contributed by atoms with E-state index in [9.17, 15) is 20.2 Å². The third kappa shape index (κ3) is 6.12. The first-order valence-corrected chi connectivity index (χ1v) is 10.9. The summed E-state index contributed by atoms with van der Waals surface area (Å²) in [7, 11) is 0. The zero-order valence-electron chi connectivity index (χ0n) is 17.4. The summed E-state index contributed by atoms with van der Waals surface area (Å²) in [5, 5.41) is 24.4. The third-order valence-electron chi connectivity index (χ3n) is 4.96. The number of carbonyl (C=O) groups excluding carboxylic acids is 1. The first kappa shape index (κ1) is 22.4. The normalized spacial score (nSPS) is 14.7. The maximum atomic E-state index is 12.5. The number of benzene rings is 1. The summed E-state index contributed by atoms with van der Waals surface area (Å²) in [5.74, 6) is -0.445. The maximum Gasteiger partial charge on any atom is 0.283 e. The molecule has 3 rings (SSSR count). The van der Waals surface area contributed by atoms with Crippen molar-refractivity contribution in [1.29, 1.82) is 5.26 Å². The van der Waals surface area contributed by atoms with Crippen LogP contribution in [0.1, 0.15) is 49.1 Å². The van der Waals surface area contributed by atoms with E-state index in [1.54, 1.807) is 12.1 Å². The number of nitrogens with zero attached hydrogens (tertiary/aromatic N) is 4. The van der Waals surface area contributed by atoms with Crippen LogP contribution in [0.2, 0.25) is 0 Å². The first-order valence-electron chi connectivity index (χ1n) is 10.1. The van der Waals surface area contributed by atoms with Gasteiger partial charge in [0.1, 0.15) is 11.6 Å². The molecule has 0 saturated heterocycles. The predicted molar refractivity (Wildman–Crippen MR) is 117 cm³/mol. The fraction of sp³-hybridized carbons (Fsp3) is 0.364. The predicted octanol–water partition coefficient (Wildman–Crippen LogP) is 4.51. The number of carbonyl (C=O) groups is 1. The van der Waals surface area contributed by atoms with Crippen LogP contribution in [0.5, 0.6) is 0 Å².